The van der Waals surface area contributed by atoms with E-state index in [1.807, 2.05) is 0 Å². The molecule has 1 aromatic heterocycles. The Hall–Kier alpha value is -1.18. The molecule has 1 heterocycles. The summed E-state index contributed by atoms with van der Waals surface area (Å²) in [6.45, 7) is 4.60. The van der Waals surface area contributed by atoms with Gasteiger partial charge in [0.2, 0.25) is 0 Å². The van der Waals surface area contributed by atoms with Crippen LogP contribution in [0.2, 0.25) is 0 Å². The van der Waals surface area contributed by atoms with Gasteiger partial charge in [0.15, 0.2) is 0 Å². The lowest BCUT2D eigenvalue weighted by Crippen LogP contribution is -2.15. The monoisotopic (exact) mass is 452 g/mol. The second kappa shape index (κ2) is 15.7. The summed E-state index contributed by atoms with van der Waals surface area (Å²) in [5, 5.41) is 0. The molecule has 0 aromatic carbocycles. The largest absolute Gasteiger partial charge is 0.241 e. The Labute approximate surface area is 205 Å². The Morgan fingerprint density at radius 2 is 1.21 bits per heavy atom. The van der Waals surface area contributed by atoms with E-state index in [4.69, 9.17) is 9.97 Å². The van der Waals surface area contributed by atoms with Gasteiger partial charge in [-0.15, -0.1) is 0 Å². The van der Waals surface area contributed by atoms with Gasteiger partial charge in [0.1, 0.15) is 5.82 Å². The zero-order valence-corrected chi connectivity index (χ0v) is 21.9. The van der Waals surface area contributed by atoms with Crippen LogP contribution >= 0.6 is 0 Å². The first-order valence-corrected chi connectivity index (χ1v) is 14.8. The molecule has 1 aromatic rings. The van der Waals surface area contributed by atoms with E-state index in [0.29, 0.717) is 5.92 Å². The Bertz CT molecular complexity index is 633. The number of aryl methyl sites for hydroxylation is 1. The van der Waals surface area contributed by atoms with E-state index < -0.39 is 0 Å². The van der Waals surface area contributed by atoms with E-state index in [2.05, 4.69) is 38.4 Å². The molecular weight excluding hydrogens is 400 g/mol. The predicted octanol–water partition coefficient (Wildman–Crippen LogP) is 9.60. The smallest absolute Gasteiger partial charge is 0.131 e. The molecule has 2 aliphatic rings. The highest BCUT2D eigenvalue weighted by atomic mass is 14.9. The summed E-state index contributed by atoms with van der Waals surface area (Å²) in [6.07, 6.45) is 35.3. The minimum atomic E-state index is 0.580. The van der Waals surface area contributed by atoms with Gasteiger partial charge in [0.05, 0.1) is 0 Å². The molecule has 3 rings (SSSR count). The maximum atomic E-state index is 4.78. The average Bonchev–Trinajstić information content (AvgIpc) is 2.86. The van der Waals surface area contributed by atoms with E-state index >= 15 is 0 Å². The Balaban J connectivity index is 1.30. The van der Waals surface area contributed by atoms with Crippen molar-refractivity contribution in [3.63, 3.8) is 0 Å². The second-order valence-corrected chi connectivity index (χ2v) is 11.2. The van der Waals surface area contributed by atoms with Crippen molar-refractivity contribution in [3.05, 3.63) is 35.9 Å². The fraction of sp³-hybridized carbons (Fsp3) is 0.806. The summed E-state index contributed by atoms with van der Waals surface area (Å²) in [7, 11) is 0. The van der Waals surface area contributed by atoms with Gasteiger partial charge in [-0.05, 0) is 87.5 Å². The molecule has 0 atom stereocenters. The van der Waals surface area contributed by atoms with E-state index in [0.717, 1.165) is 30.0 Å². The number of hydrogen-bond donors (Lipinski definition) is 0. The van der Waals surface area contributed by atoms with Crippen molar-refractivity contribution in [2.75, 3.05) is 0 Å². The summed E-state index contributed by atoms with van der Waals surface area (Å²) in [6, 6.07) is 0. The van der Waals surface area contributed by atoms with E-state index in [1.54, 1.807) is 0 Å². The molecule has 2 fully saturated rings. The SMILES string of the molecule is CCCCCCCCc1cnc(C2CCC(/C=C/C3CCC(CCCCC)CC3)CC2)nc1. The third-order valence-corrected chi connectivity index (χ3v) is 8.44. The van der Waals surface area contributed by atoms with Crippen molar-refractivity contribution >= 4 is 0 Å². The highest BCUT2D eigenvalue weighted by molar-refractivity contribution is 5.09. The van der Waals surface area contributed by atoms with Gasteiger partial charge in [-0.3, -0.25) is 0 Å². The first kappa shape index (κ1) is 26.4. The van der Waals surface area contributed by atoms with Gasteiger partial charge in [-0.2, -0.15) is 0 Å². The topological polar surface area (TPSA) is 25.8 Å². The second-order valence-electron chi connectivity index (χ2n) is 11.2. The molecule has 0 radical (unpaired) electrons. The van der Waals surface area contributed by atoms with Gasteiger partial charge < -0.3 is 0 Å². The van der Waals surface area contributed by atoms with Crippen LogP contribution in [-0.4, -0.2) is 9.97 Å². The van der Waals surface area contributed by atoms with Crippen LogP contribution in [-0.2, 0) is 6.42 Å². The van der Waals surface area contributed by atoms with Gasteiger partial charge >= 0.3 is 0 Å². The average molecular weight is 453 g/mol. The number of nitrogens with zero attached hydrogens (tertiary/aromatic N) is 2. The summed E-state index contributed by atoms with van der Waals surface area (Å²) in [5.74, 6) is 4.35. The van der Waals surface area contributed by atoms with Crippen molar-refractivity contribution < 1.29 is 0 Å². The molecule has 0 spiro atoms. The highest BCUT2D eigenvalue weighted by Gasteiger charge is 2.24. The van der Waals surface area contributed by atoms with Crippen LogP contribution in [0.5, 0.6) is 0 Å². The van der Waals surface area contributed by atoms with Gasteiger partial charge in [0.25, 0.3) is 0 Å². The number of allylic oxidation sites excluding steroid dienone is 2. The quantitative estimate of drug-likeness (QED) is 0.207. The van der Waals surface area contributed by atoms with Crippen LogP contribution in [0.25, 0.3) is 0 Å². The molecule has 2 heteroatoms. The van der Waals surface area contributed by atoms with E-state index in [9.17, 15) is 0 Å². The van der Waals surface area contributed by atoms with E-state index in [1.165, 1.54) is 121 Å². The first-order chi connectivity index (χ1) is 16.3. The van der Waals surface area contributed by atoms with Crippen LogP contribution in [0.1, 0.15) is 147 Å². The third-order valence-electron chi connectivity index (χ3n) is 8.44. The lowest BCUT2D eigenvalue weighted by atomic mass is 9.78. The maximum absolute atomic E-state index is 4.78. The fourth-order valence-corrected chi connectivity index (χ4v) is 6.05. The number of unbranched alkanes of at least 4 members (excludes halogenated alkanes) is 7. The Morgan fingerprint density at radius 3 is 1.85 bits per heavy atom. The molecule has 33 heavy (non-hydrogen) atoms. The summed E-state index contributed by atoms with van der Waals surface area (Å²) in [4.78, 5) is 9.56. The fourth-order valence-electron chi connectivity index (χ4n) is 6.05. The van der Waals surface area contributed by atoms with Crippen molar-refractivity contribution in [1.29, 1.82) is 0 Å². The molecule has 0 unspecified atom stereocenters. The minimum Gasteiger partial charge on any atom is -0.241 e. The molecule has 0 amide bonds. The van der Waals surface area contributed by atoms with Crippen LogP contribution < -0.4 is 0 Å². The first-order valence-electron chi connectivity index (χ1n) is 14.8. The molecule has 0 N–H and O–H groups in total. The van der Waals surface area contributed by atoms with Crippen molar-refractivity contribution in [3.8, 4) is 0 Å². The molecule has 0 bridgehead atoms. The van der Waals surface area contributed by atoms with Crippen molar-refractivity contribution in [2.24, 2.45) is 17.8 Å². The van der Waals surface area contributed by atoms with Crippen LogP contribution in [0.4, 0.5) is 0 Å². The lowest BCUT2D eigenvalue weighted by molar-refractivity contribution is 0.287. The normalized spacial score (nSPS) is 26.1. The van der Waals surface area contributed by atoms with Crippen molar-refractivity contribution in [1.82, 2.24) is 9.97 Å². The Morgan fingerprint density at radius 1 is 0.667 bits per heavy atom. The number of hydrogen-bond acceptors (Lipinski definition) is 2. The molecule has 2 nitrogen and oxygen atoms in total. The zero-order valence-electron chi connectivity index (χ0n) is 21.9. The highest BCUT2D eigenvalue weighted by Crippen LogP contribution is 2.37. The van der Waals surface area contributed by atoms with Gasteiger partial charge in [0, 0.05) is 18.3 Å². The Kier molecular flexibility index (Phi) is 12.5. The summed E-state index contributed by atoms with van der Waals surface area (Å²) in [5.41, 5.74) is 1.32. The van der Waals surface area contributed by atoms with Crippen molar-refractivity contribution in [2.45, 2.75) is 142 Å². The van der Waals surface area contributed by atoms with Crippen LogP contribution in [0.3, 0.4) is 0 Å². The summed E-state index contributed by atoms with van der Waals surface area (Å²) >= 11 is 0. The van der Waals surface area contributed by atoms with Gasteiger partial charge in [-0.1, -0.05) is 83.8 Å². The summed E-state index contributed by atoms with van der Waals surface area (Å²) < 4.78 is 0. The molecule has 2 saturated carbocycles. The molecule has 0 aliphatic heterocycles. The maximum Gasteiger partial charge on any atom is 0.131 e. The van der Waals surface area contributed by atoms with Gasteiger partial charge in [-0.25, -0.2) is 9.97 Å². The van der Waals surface area contributed by atoms with Crippen LogP contribution in [0.15, 0.2) is 24.5 Å². The molecule has 2 aliphatic carbocycles. The molecule has 186 valence electrons. The minimum absolute atomic E-state index is 0.580. The third kappa shape index (κ3) is 9.91. The lowest BCUT2D eigenvalue weighted by Gasteiger charge is -2.28. The zero-order chi connectivity index (χ0) is 23.1. The number of rotatable bonds is 14. The predicted molar refractivity (Wildman–Crippen MR) is 143 cm³/mol. The molecular formula is C31H52N2. The van der Waals surface area contributed by atoms with Crippen LogP contribution in [0, 0.1) is 17.8 Å². The van der Waals surface area contributed by atoms with E-state index in [-0.39, 0.29) is 0 Å². The number of aromatic nitrogens is 2. The molecule has 0 saturated heterocycles. The standard InChI is InChI=1S/C31H52N2/c1-3-5-7-8-9-11-13-29-24-32-31(33-25-29)30-22-20-28(21-23-30)19-18-27-16-14-26(15-17-27)12-10-6-4-2/h18-19,24-28,30H,3-17,20-23H2,1-2H3/b19-18+.